The molecule has 0 aliphatic carbocycles. The molecule has 3 heterocycles. The van der Waals surface area contributed by atoms with Crippen molar-refractivity contribution in [3.8, 4) is 23.0 Å². The Morgan fingerprint density at radius 3 is 2.29 bits per heavy atom. The van der Waals surface area contributed by atoms with Crippen molar-refractivity contribution in [3.63, 3.8) is 0 Å². The van der Waals surface area contributed by atoms with E-state index in [9.17, 15) is 0 Å². The van der Waals surface area contributed by atoms with E-state index in [2.05, 4.69) is 83.2 Å². The van der Waals surface area contributed by atoms with Gasteiger partial charge in [0, 0.05) is 40.4 Å². The molecule has 7 aromatic rings. The summed E-state index contributed by atoms with van der Waals surface area (Å²) in [7, 11) is 0. The van der Waals surface area contributed by atoms with E-state index < -0.39 is 0 Å². The molecule has 198 valence electrons. The number of rotatable bonds is 6. The van der Waals surface area contributed by atoms with Crippen molar-refractivity contribution in [2.45, 2.75) is 13.8 Å². The van der Waals surface area contributed by atoms with Gasteiger partial charge in [-0.2, -0.15) is 5.10 Å². The van der Waals surface area contributed by atoms with Crippen molar-refractivity contribution in [1.29, 1.82) is 0 Å². The van der Waals surface area contributed by atoms with Gasteiger partial charge < -0.3 is 4.74 Å². The summed E-state index contributed by atoms with van der Waals surface area (Å²) in [4.78, 5) is 4.64. The minimum atomic E-state index is 0.747. The molecule has 41 heavy (non-hydrogen) atoms. The van der Waals surface area contributed by atoms with E-state index in [-0.39, 0.29) is 0 Å². The Balaban J connectivity index is 1.24. The van der Waals surface area contributed by atoms with Crippen LogP contribution in [0.15, 0.2) is 121 Å². The van der Waals surface area contributed by atoms with Crippen LogP contribution in [0.1, 0.15) is 22.5 Å². The summed E-state index contributed by atoms with van der Waals surface area (Å²) in [6.45, 7) is 4.15. The van der Waals surface area contributed by atoms with Gasteiger partial charge in [-0.25, -0.2) is 9.67 Å². The molecule has 0 aliphatic heterocycles. The van der Waals surface area contributed by atoms with Gasteiger partial charge in [0.2, 0.25) is 0 Å². The summed E-state index contributed by atoms with van der Waals surface area (Å²) < 4.78 is 10.6. The lowest BCUT2D eigenvalue weighted by Gasteiger charge is -2.11. The molecule has 0 bridgehead atoms. The highest BCUT2D eigenvalue weighted by molar-refractivity contribution is 6.09. The Labute approximate surface area is 238 Å². The number of pyridine rings is 1. The van der Waals surface area contributed by atoms with Crippen LogP contribution in [0.3, 0.4) is 0 Å². The zero-order valence-electron chi connectivity index (χ0n) is 22.9. The van der Waals surface area contributed by atoms with E-state index in [1.165, 1.54) is 5.39 Å². The maximum absolute atomic E-state index is 6.43. The fourth-order valence-corrected chi connectivity index (χ4v) is 5.45. The molecule has 0 saturated carbocycles. The van der Waals surface area contributed by atoms with Gasteiger partial charge in [-0.05, 0) is 61.9 Å². The molecule has 0 unspecified atom stereocenters. The fourth-order valence-electron chi connectivity index (χ4n) is 5.45. The Bertz CT molecular complexity index is 2040. The van der Waals surface area contributed by atoms with E-state index in [0.717, 1.165) is 61.9 Å². The van der Waals surface area contributed by atoms with E-state index in [4.69, 9.17) is 9.84 Å². The van der Waals surface area contributed by atoms with Gasteiger partial charge in [0.1, 0.15) is 17.3 Å². The van der Waals surface area contributed by atoms with E-state index in [1.54, 1.807) is 0 Å². The predicted molar refractivity (Wildman–Crippen MR) is 167 cm³/mol. The maximum Gasteiger partial charge on any atom is 0.137 e. The van der Waals surface area contributed by atoms with Crippen molar-refractivity contribution < 1.29 is 4.74 Å². The largest absolute Gasteiger partial charge is 0.457 e. The summed E-state index contributed by atoms with van der Waals surface area (Å²) in [5.74, 6) is 2.38. The Morgan fingerprint density at radius 2 is 1.44 bits per heavy atom. The van der Waals surface area contributed by atoms with Crippen molar-refractivity contribution in [1.82, 2.24) is 19.3 Å². The lowest BCUT2D eigenvalue weighted by molar-refractivity contribution is 0.482. The third kappa shape index (κ3) is 4.57. The van der Waals surface area contributed by atoms with Crippen LogP contribution in [0.4, 0.5) is 0 Å². The standard InChI is InChI=1S/C36H28N4O/c1-25-31(20-18-27-11-4-3-5-12-27)26(2)40(38-25)28-13-10-14-29(23-28)41-30-19-21-33-32-15-6-7-16-34(32)39(35(33)24-30)36-17-8-9-22-37-36/h3-24H,1-2H3/b20-18+. The molecule has 0 radical (unpaired) electrons. The smallest absolute Gasteiger partial charge is 0.137 e. The molecule has 3 aromatic heterocycles. The second kappa shape index (κ2) is 10.3. The summed E-state index contributed by atoms with van der Waals surface area (Å²) >= 11 is 0. The lowest BCUT2D eigenvalue weighted by atomic mass is 10.1. The molecule has 5 nitrogen and oxygen atoms in total. The molecule has 0 aliphatic rings. The fraction of sp³-hybridized carbons (Fsp3) is 0.0556. The maximum atomic E-state index is 6.43. The highest BCUT2D eigenvalue weighted by atomic mass is 16.5. The molecule has 0 N–H and O–H groups in total. The van der Waals surface area contributed by atoms with Crippen molar-refractivity contribution in [3.05, 3.63) is 144 Å². The Hall–Kier alpha value is -5.42. The van der Waals surface area contributed by atoms with Gasteiger partial charge >= 0.3 is 0 Å². The number of aromatic nitrogens is 4. The number of para-hydroxylation sites is 1. The molecular formula is C36H28N4O. The van der Waals surface area contributed by atoms with Gasteiger partial charge in [0.15, 0.2) is 0 Å². The van der Waals surface area contributed by atoms with Crippen LogP contribution in [-0.4, -0.2) is 19.3 Å². The first-order valence-corrected chi connectivity index (χ1v) is 13.7. The second-order valence-corrected chi connectivity index (χ2v) is 10.1. The highest BCUT2D eigenvalue weighted by Gasteiger charge is 2.15. The van der Waals surface area contributed by atoms with Gasteiger partial charge in [0.05, 0.1) is 22.4 Å². The van der Waals surface area contributed by atoms with Crippen LogP contribution >= 0.6 is 0 Å². The molecule has 0 amide bonds. The summed E-state index contributed by atoms with van der Waals surface area (Å²) in [6.07, 6.45) is 6.09. The summed E-state index contributed by atoms with van der Waals surface area (Å²) in [5.41, 5.74) is 7.45. The minimum Gasteiger partial charge on any atom is -0.457 e. The number of hydrogen-bond acceptors (Lipinski definition) is 3. The van der Waals surface area contributed by atoms with Crippen LogP contribution in [0.5, 0.6) is 11.5 Å². The highest BCUT2D eigenvalue weighted by Crippen LogP contribution is 2.35. The van der Waals surface area contributed by atoms with Gasteiger partial charge in [-0.15, -0.1) is 0 Å². The molecule has 0 atom stereocenters. The zero-order valence-corrected chi connectivity index (χ0v) is 22.9. The zero-order chi connectivity index (χ0) is 27.8. The van der Waals surface area contributed by atoms with Gasteiger partial charge in [-0.3, -0.25) is 4.57 Å². The Morgan fingerprint density at radius 1 is 0.659 bits per heavy atom. The van der Waals surface area contributed by atoms with E-state index >= 15 is 0 Å². The van der Waals surface area contributed by atoms with Crippen molar-refractivity contribution >= 4 is 34.0 Å². The lowest BCUT2D eigenvalue weighted by Crippen LogP contribution is -1.99. The molecule has 5 heteroatoms. The minimum absolute atomic E-state index is 0.747. The van der Waals surface area contributed by atoms with Crippen LogP contribution in [0.2, 0.25) is 0 Å². The second-order valence-electron chi connectivity index (χ2n) is 10.1. The van der Waals surface area contributed by atoms with Crippen LogP contribution in [0, 0.1) is 13.8 Å². The topological polar surface area (TPSA) is 44.9 Å². The van der Waals surface area contributed by atoms with E-state index in [0.29, 0.717) is 0 Å². The first kappa shape index (κ1) is 24.6. The summed E-state index contributed by atoms with van der Waals surface area (Å²) in [5, 5.41) is 7.19. The number of aryl methyl sites for hydroxylation is 1. The summed E-state index contributed by atoms with van der Waals surface area (Å²) in [6, 6.07) is 39.0. The van der Waals surface area contributed by atoms with Gasteiger partial charge in [-0.1, -0.05) is 72.8 Å². The van der Waals surface area contributed by atoms with Gasteiger partial charge in [0.25, 0.3) is 0 Å². The number of fused-ring (bicyclic) bond motifs is 3. The monoisotopic (exact) mass is 532 g/mol. The van der Waals surface area contributed by atoms with Crippen LogP contribution < -0.4 is 4.74 Å². The van der Waals surface area contributed by atoms with Crippen LogP contribution in [0.25, 0.3) is 45.5 Å². The Kier molecular flexibility index (Phi) is 6.17. The normalized spacial score (nSPS) is 11.6. The quantitative estimate of drug-likeness (QED) is 0.215. The average molecular weight is 533 g/mol. The molecule has 0 fully saturated rings. The van der Waals surface area contributed by atoms with E-state index in [1.807, 2.05) is 78.5 Å². The first-order chi connectivity index (χ1) is 20.2. The molecule has 0 saturated heterocycles. The van der Waals surface area contributed by atoms with Crippen LogP contribution in [-0.2, 0) is 0 Å². The average Bonchev–Trinajstić information content (AvgIpc) is 3.49. The molecule has 0 spiro atoms. The molecule has 4 aromatic carbocycles. The first-order valence-electron chi connectivity index (χ1n) is 13.7. The third-order valence-electron chi connectivity index (χ3n) is 7.41. The SMILES string of the molecule is Cc1nn(-c2cccc(Oc3ccc4c5ccccc5n(-c5ccccn5)c4c3)c2)c(C)c1/C=C/c1ccccc1. The predicted octanol–water partition coefficient (Wildman–Crippen LogP) is 8.94. The number of ether oxygens (including phenoxy) is 1. The number of hydrogen-bond donors (Lipinski definition) is 0. The van der Waals surface area contributed by atoms with Crippen molar-refractivity contribution in [2.24, 2.45) is 0 Å². The third-order valence-corrected chi connectivity index (χ3v) is 7.41. The van der Waals surface area contributed by atoms with Crippen molar-refractivity contribution in [2.75, 3.05) is 0 Å². The number of nitrogens with zero attached hydrogens (tertiary/aromatic N) is 4. The molecule has 7 rings (SSSR count). The number of benzene rings is 4. The molecular weight excluding hydrogens is 504 g/mol.